The highest BCUT2D eigenvalue weighted by Crippen LogP contribution is 2.19. The molecule has 0 aliphatic heterocycles. The lowest BCUT2D eigenvalue weighted by atomic mass is 10.0. The van der Waals surface area contributed by atoms with Crippen LogP contribution < -0.4 is 15.4 Å². The van der Waals surface area contributed by atoms with Crippen LogP contribution in [0.15, 0.2) is 48.5 Å². The lowest BCUT2D eigenvalue weighted by Gasteiger charge is -2.19. The van der Waals surface area contributed by atoms with Crippen LogP contribution in [0.4, 0.5) is 22.0 Å². The van der Waals surface area contributed by atoms with Crippen LogP contribution in [0.5, 0.6) is 5.75 Å². The van der Waals surface area contributed by atoms with Crippen LogP contribution in [0.1, 0.15) is 31.7 Å². The Balaban J connectivity index is 1.92. The number of methoxy groups -OCH3 is 2. The number of carbonyl (C=O) groups is 1. The van der Waals surface area contributed by atoms with Crippen LogP contribution in [0.3, 0.4) is 0 Å². The Bertz CT molecular complexity index is 1080. The third kappa shape index (κ3) is 7.13. The number of hydrogen-bond donors (Lipinski definition) is 2. The average molecular weight is 454 g/mol. The normalized spacial score (nSPS) is 11.7. The van der Waals surface area contributed by atoms with E-state index in [2.05, 4.69) is 25.6 Å². The number of nitrogens with one attached hydrogen (secondary N) is 2. The first-order valence-corrected chi connectivity index (χ1v) is 10.6. The second kappa shape index (κ2) is 11.2. The Morgan fingerprint density at radius 1 is 1.03 bits per heavy atom. The summed E-state index contributed by atoms with van der Waals surface area (Å²) in [4.78, 5) is 25.7. The molecule has 9 heteroatoms. The monoisotopic (exact) mass is 453 g/mol. The van der Waals surface area contributed by atoms with Crippen molar-refractivity contribution in [3.05, 3.63) is 65.7 Å². The van der Waals surface area contributed by atoms with Gasteiger partial charge in [-0.1, -0.05) is 32.0 Å². The summed E-state index contributed by atoms with van der Waals surface area (Å²) in [7, 11) is 2.95. The van der Waals surface area contributed by atoms with E-state index in [-0.39, 0.29) is 23.6 Å². The van der Waals surface area contributed by atoms with Crippen molar-refractivity contribution < 1.29 is 18.7 Å². The highest BCUT2D eigenvalue weighted by atomic mass is 19.1. The van der Waals surface area contributed by atoms with Gasteiger partial charge in [0, 0.05) is 12.1 Å². The summed E-state index contributed by atoms with van der Waals surface area (Å²) >= 11 is 0. The molecule has 0 amide bonds. The molecule has 1 aromatic heterocycles. The minimum Gasteiger partial charge on any atom is -0.497 e. The van der Waals surface area contributed by atoms with E-state index in [9.17, 15) is 9.18 Å². The van der Waals surface area contributed by atoms with Crippen LogP contribution in [0.2, 0.25) is 0 Å². The summed E-state index contributed by atoms with van der Waals surface area (Å²) in [6.07, 6.45) is 0.963. The van der Waals surface area contributed by atoms with E-state index in [1.807, 2.05) is 38.1 Å². The third-order valence-corrected chi connectivity index (χ3v) is 4.78. The van der Waals surface area contributed by atoms with Gasteiger partial charge in [0.1, 0.15) is 23.4 Å². The maximum atomic E-state index is 13.6. The number of ether oxygens (including phenoxy) is 2. The zero-order valence-corrected chi connectivity index (χ0v) is 19.1. The van der Waals surface area contributed by atoms with Crippen LogP contribution >= 0.6 is 0 Å². The van der Waals surface area contributed by atoms with Crippen molar-refractivity contribution in [1.29, 1.82) is 0 Å². The number of esters is 1. The Morgan fingerprint density at radius 2 is 1.76 bits per heavy atom. The number of anilines is 3. The molecule has 0 fully saturated rings. The van der Waals surface area contributed by atoms with Crippen molar-refractivity contribution in [2.24, 2.45) is 5.92 Å². The minimum atomic E-state index is -0.617. The molecule has 1 atom stereocenters. The fraction of sp³-hybridized carbons (Fsp3) is 0.333. The highest BCUT2D eigenvalue weighted by molar-refractivity contribution is 5.78. The zero-order valence-electron chi connectivity index (χ0n) is 19.1. The zero-order chi connectivity index (χ0) is 23.8. The first kappa shape index (κ1) is 23.9. The lowest BCUT2D eigenvalue weighted by molar-refractivity contribution is -0.141. The Morgan fingerprint density at radius 3 is 2.39 bits per heavy atom. The number of aromatic nitrogens is 3. The van der Waals surface area contributed by atoms with Crippen molar-refractivity contribution >= 4 is 23.6 Å². The molecule has 0 aliphatic carbocycles. The largest absolute Gasteiger partial charge is 0.497 e. The van der Waals surface area contributed by atoms with Gasteiger partial charge in [0.05, 0.1) is 14.2 Å². The molecule has 3 rings (SSSR count). The molecule has 174 valence electrons. The topological polar surface area (TPSA) is 98.3 Å². The van der Waals surface area contributed by atoms with Crippen molar-refractivity contribution in [3.8, 4) is 5.75 Å². The molecule has 1 heterocycles. The van der Waals surface area contributed by atoms with E-state index in [1.165, 1.54) is 19.2 Å². The second-order valence-electron chi connectivity index (χ2n) is 7.91. The summed E-state index contributed by atoms with van der Waals surface area (Å²) in [5.41, 5.74) is 1.46. The van der Waals surface area contributed by atoms with Gasteiger partial charge >= 0.3 is 5.97 Å². The van der Waals surface area contributed by atoms with Crippen molar-refractivity contribution in [1.82, 2.24) is 15.0 Å². The van der Waals surface area contributed by atoms with E-state index in [1.54, 1.807) is 19.2 Å². The maximum absolute atomic E-state index is 13.6. The Labute approximate surface area is 192 Å². The van der Waals surface area contributed by atoms with E-state index in [0.717, 1.165) is 11.3 Å². The van der Waals surface area contributed by atoms with Gasteiger partial charge in [0.15, 0.2) is 0 Å². The van der Waals surface area contributed by atoms with Crippen LogP contribution in [-0.4, -0.2) is 41.2 Å². The predicted octanol–water partition coefficient (Wildman–Crippen LogP) is 4.35. The smallest absolute Gasteiger partial charge is 0.328 e. The summed E-state index contributed by atoms with van der Waals surface area (Å²) in [6, 6.07) is 12.9. The van der Waals surface area contributed by atoms with Crippen molar-refractivity contribution in [2.45, 2.75) is 32.7 Å². The predicted molar refractivity (Wildman–Crippen MR) is 124 cm³/mol. The van der Waals surface area contributed by atoms with Crippen LogP contribution in [0.25, 0.3) is 0 Å². The summed E-state index contributed by atoms with van der Waals surface area (Å²) in [5.74, 6) is 1.14. The molecule has 0 aliphatic rings. The highest BCUT2D eigenvalue weighted by Gasteiger charge is 2.22. The van der Waals surface area contributed by atoms with E-state index in [4.69, 9.17) is 9.47 Å². The molecule has 0 radical (unpaired) electrons. The van der Waals surface area contributed by atoms with Gasteiger partial charge in [-0.25, -0.2) is 9.18 Å². The quantitative estimate of drug-likeness (QED) is 0.437. The van der Waals surface area contributed by atoms with Crippen molar-refractivity contribution in [3.63, 3.8) is 0 Å². The molecule has 33 heavy (non-hydrogen) atoms. The fourth-order valence-corrected chi connectivity index (χ4v) is 3.22. The number of benzene rings is 2. The van der Waals surface area contributed by atoms with Gasteiger partial charge in [-0.05, 0) is 48.2 Å². The molecular formula is C24H28FN5O3. The van der Waals surface area contributed by atoms with Gasteiger partial charge in [0.25, 0.3) is 0 Å². The standard InChI is InChI=1S/C24H28FN5O3/c1-15(2)12-20(22(31)33-4)27-24-29-21(13-16-8-10-19(32-3)11-9-16)28-23(30-24)26-18-7-5-6-17(25)14-18/h5-11,14-15,20H,12-13H2,1-4H3,(H2,26,27,28,29,30)/t20-/m1/s1. The number of carbonyl (C=O) groups excluding carboxylic acids is 1. The van der Waals surface area contributed by atoms with Gasteiger partial charge in [-0.3, -0.25) is 0 Å². The number of halogens is 1. The third-order valence-electron chi connectivity index (χ3n) is 4.78. The minimum absolute atomic E-state index is 0.225. The Hall–Kier alpha value is -3.75. The van der Waals surface area contributed by atoms with Crippen molar-refractivity contribution in [2.75, 3.05) is 24.9 Å². The van der Waals surface area contributed by atoms with E-state index >= 15 is 0 Å². The lowest BCUT2D eigenvalue weighted by Crippen LogP contribution is -2.33. The Kier molecular flexibility index (Phi) is 8.12. The number of rotatable bonds is 10. The van der Waals surface area contributed by atoms with Gasteiger partial charge in [0.2, 0.25) is 11.9 Å². The van der Waals surface area contributed by atoms with E-state index < -0.39 is 12.0 Å². The summed E-state index contributed by atoms with van der Waals surface area (Å²) < 4.78 is 23.8. The van der Waals surface area contributed by atoms with Gasteiger partial charge in [-0.2, -0.15) is 15.0 Å². The maximum Gasteiger partial charge on any atom is 0.328 e. The molecule has 0 saturated heterocycles. The van der Waals surface area contributed by atoms with Crippen LogP contribution in [-0.2, 0) is 16.0 Å². The first-order chi connectivity index (χ1) is 15.9. The fourth-order valence-electron chi connectivity index (χ4n) is 3.22. The molecular weight excluding hydrogens is 425 g/mol. The summed E-state index contributed by atoms with van der Waals surface area (Å²) in [5, 5.41) is 6.08. The average Bonchev–Trinajstić information content (AvgIpc) is 2.78. The van der Waals surface area contributed by atoms with Gasteiger partial charge in [-0.15, -0.1) is 0 Å². The first-order valence-electron chi connectivity index (χ1n) is 10.6. The van der Waals surface area contributed by atoms with Crippen LogP contribution in [0, 0.1) is 11.7 Å². The molecule has 0 bridgehead atoms. The molecule has 8 nitrogen and oxygen atoms in total. The molecule has 0 saturated carbocycles. The second-order valence-corrected chi connectivity index (χ2v) is 7.91. The number of nitrogens with zero attached hydrogens (tertiary/aromatic N) is 3. The SMILES string of the molecule is COC(=O)[C@@H](CC(C)C)Nc1nc(Cc2ccc(OC)cc2)nc(Nc2cccc(F)c2)n1. The van der Waals surface area contributed by atoms with Gasteiger partial charge < -0.3 is 20.1 Å². The number of hydrogen-bond acceptors (Lipinski definition) is 8. The molecule has 3 aromatic rings. The molecule has 2 aromatic carbocycles. The summed E-state index contributed by atoms with van der Waals surface area (Å²) in [6.45, 7) is 4.02. The molecule has 0 spiro atoms. The molecule has 0 unspecified atom stereocenters. The van der Waals surface area contributed by atoms with E-state index in [0.29, 0.717) is 24.4 Å². The molecule has 2 N–H and O–H groups in total.